The molecule has 1 unspecified atom stereocenters. The molecule has 0 aliphatic rings. The average molecular weight is 243 g/mol. The van der Waals surface area contributed by atoms with Gasteiger partial charge in [0, 0.05) is 29.4 Å². The molecular weight excluding hydrogens is 226 g/mol. The van der Waals surface area contributed by atoms with E-state index in [1.807, 2.05) is 19.9 Å². The minimum absolute atomic E-state index is 0.0759. The molecule has 0 radical (unpaired) electrons. The summed E-state index contributed by atoms with van der Waals surface area (Å²) in [5, 5.41) is 9.27. The monoisotopic (exact) mass is 243 g/mol. The second-order valence-corrected chi connectivity index (χ2v) is 4.55. The van der Waals surface area contributed by atoms with E-state index in [9.17, 15) is 5.11 Å². The fraction of sp³-hybridized carbons (Fsp3) is 0.286. The number of rotatable bonds is 3. The van der Waals surface area contributed by atoms with Crippen LogP contribution in [0.5, 0.6) is 5.75 Å². The Kier molecular flexibility index (Phi) is 3.58. The van der Waals surface area contributed by atoms with Gasteiger partial charge < -0.3 is 10.8 Å². The molecule has 0 bridgehead atoms. The lowest BCUT2D eigenvalue weighted by Gasteiger charge is -2.08. The number of benzene rings is 1. The summed E-state index contributed by atoms with van der Waals surface area (Å²) in [6, 6.07) is 8.90. The summed E-state index contributed by atoms with van der Waals surface area (Å²) >= 11 is 0. The van der Waals surface area contributed by atoms with Gasteiger partial charge in [0.2, 0.25) is 0 Å². The molecule has 1 heterocycles. The zero-order valence-electron chi connectivity index (χ0n) is 10.6. The number of aromatic nitrogens is 2. The highest BCUT2D eigenvalue weighted by atomic mass is 16.3. The summed E-state index contributed by atoms with van der Waals surface area (Å²) in [7, 11) is 0. The minimum Gasteiger partial charge on any atom is -0.508 e. The molecule has 0 aliphatic carbocycles. The normalized spacial score (nSPS) is 12.4. The van der Waals surface area contributed by atoms with Crippen LogP contribution >= 0.6 is 0 Å². The maximum Gasteiger partial charge on any atom is 0.159 e. The second-order valence-electron chi connectivity index (χ2n) is 4.55. The fourth-order valence-electron chi connectivity index (χ4n) is 1.81. The molecule has 3 N–H and O–H groups in total. The molecule has 0 saturated heterocycles. The highest BCUT2D eigenvalue weighted by Gasteiger charge is 2.06. The van der Waals surface area contributed by atoms with Gasteiger partial charge in [-0.2, -0.15) is 0 Å². The first-order chi connectivity index (χ1) is 8.54. The van der Waals surface area contributed by atoms with Crippen molar-refractivity contribution in [3.63, 3.8) is 0 Å². The van der Waals surface area contributed by atoms with Crippen molar-refractivity contribution in [2.45, 2.75) is 26.3 Å². The van der Waals surface area contributed by atoms with Gasteiger partial charge in [-0.05, 0) is 44.2 Å². The third-order valence-electron chi connectivity index (χ3n) is 2.56. The molecule has 1 atom stereocenters. The number of phenolic OH excluding ortho intramolecular Hbond substituents is 1. The molecule has 1 aromatic carbocycles. The Labute approximate surface area is 107 Å². The lowest BCUT2D eigenvalue weighted by atomic mass is 10.1. The highest BCUT2D eigenvalue weighted by molar-refractivity contribution is 5.56. The summed E-state index contributed by atoms with van der Waals surface area (Å²) in [6.07, 6.45) is 0.731. The molecule has 0 amide bonds. The van der Waals surface area contributed by atoms with E-state index in [2.05, 4.69) is 9.97 Å². The number of hydrogen-bond acceptors (Lipinski definition) is 4. The van der Waals surface area contributed by atoms with Crippen LogP contribution in [0, 0.1) is 6.92 Å². The number of phenols is 1. The molecule has 0 spiro atoms. The fourth-order valence-corrected chi connectivity index (χ4v) is 1.81. The molecule has 0 saturated carbocycles. The first-order valence-corrected chi connectivity index (χ1v) is 5.94. The predicted octanol–water partition coefficient (Wildman–Crippen LogP) is 2.05. The van der Waals surface area contributed by atoms with Crippen molar-refractivity contribution in [3.05, 3.63) is 41.7 Å². The standard InChI is InChI=1S/C14H17N3O/c1-9(15)7-12-8-10(2)16-14(17-12)11-3-5-13(18)6-4-11/h3-6,8-9,18H,7,15H2,1-2H3. The predicted molar refractivity (Wildman–Crippen MR) is 71.2 cm³/mol. The van der Waals surface area contributed by atoms with Crippen LogP contribution < -0.4 is 5.73 Å². The Morgan fingerprint density at radius 3 is 2.50 bits per heavy atom. The third-order valence-corrected chi connectivity index (χ3v) is 2.56. The van der Waals surface area contributed by atoms with E-state index >= 15 is 0 Å². The van der Waals surface area contributed by atoms with Crippen molar-refractivity contribution in [2.75, 3.05) is 0 Å². The number of hydrogen-bond donors (Lipinski definition) is 2. The van der Waals surface area contributed by atoms with Crippen LogP contribution in [0.2, 0.25) is 0 Å². The lowest BCUT2D eigenvalue weighted by Crippen LogP contribution is -2.19. The van der Waals surface area contributed by atoms with E-state index in [1.54, 1.807) is 24.3 Å². The topological polar surface area (TPSA) is 72.0 Å². The first kappa shape index (κ1) is 12.5. The minimum atomic E-state index is 0.0759. The molecule has 18 heavy (non-hydrogen) atoms. The van der Waals surface area contributed by atoms with Gasteiger partial charge in [0.15, 0.2) is 5.82 Å². The molecule has 94 valence electrons. The number of aryl methyl sites for hydroxylation is 1. The Bertz CT molecular complexity index is 535. The van der Waals surface area contributed by atoms with Crippen LogP contribution in [0.1, 0.15) is 18.3 Å². The molecule has 4 nitrogen and oxygen atoms in total. The van der Waals surface area contributed by atoms with Crippen LogP contribution in [-0.4, -0.2) is 21.1 Å². The molecular formula is C14H17N3O. The quantitative estimate of drug-likeness (QED) is 0.865. The maximum absolute atomic E-state index is 9.27. The molecule has 0 fully saturated rings. The van der Waals surface area contributed by atoms with Gasteiger partial charge in [0.05, 0.1) is 0 Å². The number of aromatic hydroxyl groups is 1. The highest BCUT2D eigenvalue weighted by Crippen LogP contribution is 2.19. The average Bonchev–Trinajstić information content (AvgIpc) is 2.28. The van der Waals surface area contributed by atoms with Crippen molar-refractivity contribution < 1.29 is 5.11 Å². The summed E-state index contributed by atoms with van der Waals surface area (Å²) in [6.45, 7) is 3.90. The van der Waals surface area contributed by atoms with Crippen molar-refractivity contribution in [1.82, 2.24) is 9.97 Å². The summed E-state index contributed by atoms with van der Waals surface area (Å²) in [5.74, 6) is 0.910. The van der Waals surface area contributed by atoms with Gasteiger partial charge in [-0.25, -0.2) is 9.97 Å². The number of nitrogens with two attached hydrogens (primary N) is 1. The van der Waals surface area contributed by atoms with Gasteiger partial charge in [-0.15, -0.1) is 0 Å². The van der Waals surface area contributed by atoms with Gasteiger partial charge >= 0.3 is 0 Å². The zero-order chi connectivity index (χ0) is 13.1. The SMILES string of the molecule is Cc1cc(CC(C)N)nc(-c2ccc(O)cc2)n1. The Hall–Kier alpha value is -1.94. The summed E-state index contributed by atoms with van der Waals surface area (Å²) in [4.78, 5) is 8.91. The van der Waals surface area contributed by atoms with Crippen LogP contribution in [-0.2, 0) is 6.42 Å². The van der Waals surface area contributed by atoms with Gasteiger partial charge in [0.25, 0.3) is 0 Å². The van der Waals surface area contributed by atoms with Crippen molar-refractivity contribution in [2.24, 2.45) is 5.73 Å². The van der Waals surface area contributed by atoms with E-state index in [0.717, 1.165) is 23.4 Å². The van der Waals surface area contributed by atoms with Crippen molar-refractivity contribution in [1.29, 1.82) is 0 Å². The van der Waals surface area contributed by atoms with Crippen molar-refractivity contribution >= 4 is 0 Å². The molecule has 2 aromatic rings. The molecule has 1 aromatic heterocycles. The summed E-state index contributed by atoms with van der Waals surface area (Å²) < 4.78 is 0. The van der Waals surface area contributed by atoms with E-state index in [1.165, 1.54) is 0 Å². The molecule has 4 heteroatoms. The third kappa shape index (κ3) is 3.05. The van der Waals surface area contributed by atoms with Crippen LogP contribution in [0.25, 0.3) is 11.4 Å². The van der Waals surface area contributed by atoms with Gasteiger partial charge in [-0.3, -0.25) is 0 Å². The van der Waals surface area contributed by atoms with Crippen molar-refractivity contribution in [3.8, 4) is 17.1 Å². The first-order valence-electron chi connectivity index (χ1n) is 5.94. The van der Waals surface area contributed by atoms with Crippen LogP contribution in [0.15, 0.2) is 30.3 Å². The smallest absolute Gasteiger partial charge is 0.159 e. The van der Waals surface area contributed by atoms with E-state index in [0.29, 0.717) is 5.82 Å². The molecule has 0 aliphatic heterocycles. The zero-order valence-corrected chi connectivity index (χ0v) is 10.6. The maximum atomic E-state index is 9.27. The lowest BCUT2D eigenvalue weighted by molar-refractivity contribution is 0.475. The Morgan fingerprint density at radius 2 is 1.89 bits per heavy atom. The van der Waals surface area contributed by atoms with Crippen LogP contribution in [0.4, 0.5) is 0 Å². The van der Waals surface area contributed by atoms with E-state index in [4.69, 9.17) is 5.73 Å². The number of nitrogens with zero attached hydrogens (tertiary/aromatic N) is 2. The van der Waals surface area contributed by atoms with Crippen LogP contribution in [0.3, 0.4) is 0 Å². The Balaban J connectivity index is 2.38. The van der Waals surface area contributed by atoms with Gasteiger partial charge in [0.1, 0.15) is 5.75 Å². The second kappa shape index (κ2) is 5.14. The van der Waals surface area contributed by atoms with E-state index < -0.39 is 0 Å². The van der Waals surface area contributed by atoms with Gasteiger partial charge in [-0.1, -0.05) is 0 Å². The van der Waals surface area contributed by atoms with E-state index in [-0.39, 0.29) is 11.8 Å². The largest absolute Gasteiger partial charge is 0.508 e. The summed E-state index contributed by atoms with van der Waals surface area (Å²) in [5.41, 5.74) is 8.55. The molecule has 2 rings (SSSR count). The Morgan fingerprint density at radius 1 is 1.22 bits per heavy atom.